The maximum atomic E-state index is 12.5. The van der Waals surface area contributed by atoms with Gasteiger partial charge in [-0.25, -0.2) is 4.79 Å². The van der Waals surface area contributed by atoms with Crippen LogP contribution in [0.3, 0.4) is 0 Å². The number of hydrogen-bond acceptors (Lipinski definition) is 5. The minimum Gasteiger partial charge on any atom is -0.467 e. The molecule has 1 amide bonds. The summed E-state index contributed by atoms with van der Waals surface area (Å²) in [5.74, 6) is -0.0505. The van der Waals surface area contributed by atoms with Gasteiger partial charge in [-0.05, 0) is 60.8 Å². The van der Waals surface area contributed by atoms with Crippen LogP contribution in [-0.4, -0.2) is 42.8 Å². The average molecular weight is 477 g/mol. The molecule has 2 aromatic rings. The molecule has 3 N–H and O–H groups in total. The molecule has 0 bridgehead atoms. The molecule has 0 saturated heterocycles. The molecule has 6 nitrogen and oxygen atoms in total. The molecule has 6 heteroatoms. The standard InChI is InChI=1S/C29H36N2O4/c1-19(25-12-6-8-21-7-3-4-11-26(21)25)30-24-10-5-9-23(17-24)20-13-15-22(16-14-20)28(33)31-27(18-32)29(34)35-2/h3-4,6-8,11-13,15-16,19-20,23-24,27,30,32H,5,9-10,14,17-18H2,1-2H3,(H,31,33)/t19-,20?,23+,24+,27-/m1/s1. The third kappa shape index (κ3) is 6.00. The summed E-state index contributed by atoms with van der Waals surface area (Å²) < 4.78 is 4.62. The normalized spacial score (nSPS) is 23.9. The number of benzene rings is 2. The zero-order chi connectivity index (χ0) is 24.8. The summed E-state index contributed by atoms with van der Waals surface area (Å²) in [7, 11) is 1.23. The van der Waals surface area contributed by atoms with E-state index in [1.165, 1.54) is 42.7 Å². The Hall–Kier alpha value is -2.96. The summed E-state index contributed by atoms with van der Waals surface area (Å²) >= 11 is 0. The van der Waals surface area contributed by atoms with E-state index in [0.717, 1.165) is 12.8 Å². The van der Waals surface area contributed by atoms with E-state index in [9.17, 15) is 14.7 Å². The van der Waals surface area contributed by atoms with E-state index in [1.54, 1.807) is 0 Å². The number of esters is 1. The Morgan fingerprint density at radius 3 is 2.69 bits per heavy atom. The number of fused-ring (bicyclic) bond motifs is 1. The summed E-state index contributed by atoms with van der Waals surface area (Å²) in [6.07, 6.45) is 11.4. The summed E-state index contributed by atoms with van der Waals surface area (Å²) in [6.45, 7) is 1.76. The van der Waals surface area contributed by atoms with E-state index < -0.39 is 18.6 Å². The molecule has 0 radical (unpaired) electrons. The lowest BCUT2D eigenvalue weighted by atomic mass is 9.74. The highest BCUT2D eigenvalue weighted by Gasteiger charge is 2.30. The first-order valence-electron chi connectivity index (χ1n) is 12.6. The molecule has 0 aromatic heterocycles. The van der Waals surface area contributed by atoms with Gasteiger partial charge in [-0.2, -0.15) is 0 Å². The third-order valence-electron chi connectivity index (χ3n) is 7.46. The van der Waals surface area contributed by atoms with Crippen molar-refractivity contribution in [3.8, 4) is 0 Å². The van der Waals surface area contributed by atoms with E-state index in [1.807, 2.05) is 12.2 Å². The van der Waals surface area contributed by atoms with E-state index in [4.69, 9.17) is 0 Å². The second-order valence-corrected chi connectivity index (χ2v) is 9.73. The van der Waals surface area contributed by atoms with Gasteiger partial charge in [0.15, 0.2) is 6.04 Å². The molecule has 2 aliphatic rings. The fourth-order valence-electron chi connectivity index (χ4n) is 5.56. The van der Waals surface area contributed by atoms with Gasteiger partial charge in [0.1, 0.15) is 0 Å². The monoisotopic (exact) mass is 476 g/mol. The number of methoxy groups -OCH3 is 1. The number of ether oxygens (including phenoxy) is 1. The highest BCUT2D eigenvalue weighted by atomic mass is 16.5. The lowest BCUT2D eigenvalue weighted by Gasteiger charge is -2.36. The average Bonchev–Trinajstić information content (AvgIpc) is 2.91. The van der Waals surface area contributed by atoms with Gasteiger partial charge in [0.05, 0.1) is 13.7 Å². The van der Waals surface area contributed by atoms with Crippen LogP contribution < -0.4 is 10.6 Å². The maximum absolute atomic E-state index is 12.5. The van der Waals surface area contributed by atoms with Crippen LogP contribution in [0.25, 0.3) is 10.8 Å². The van der Waals surface area contributed by atoms with Crippen LogP contribution in [0.5, 0.6) is 0 Å². The Kier molecular flexibility index (Phi) is 8.37. The molecule has 1 saturated carbocycles. The fraction of sp³-hybridized carbons (Fsp3) is 0.448. The van der Waals surface area contributed by atoms with Crippen molar-refractivity contribution in [2.75, 3.05) is 13.7 Å². The van der Waals surface area contributed by atoms with Crippen molar-refractivity contribution in [2.24, 2.45) is 11.8 Å². The first-order chi connectivity index (χ1) is 17.0. The van der Waals surface area contributed by atoms with Gasteiger partial charge in [-0.3, -0.25) is 4.79 Å². The SMILES string of the molecule is COC(=O)[C@@H](CO)NC(=O)C1=CCC([C@H]2CCC[C@H](N[C@H](C)c3cccc4ccccc34)C2)C=C1. The van der Waals surface area contributed by atoms with E-state index in [-0.39, 0.29) is 11.9 Å². The number of aliphatic hydroxyl groups excluding tert-OH is 1. The highest BCUT2D eigenvalue weighted by Crippen LogP contribution is 2.36. The van der Waals surface area contributed by atoms with Crippen LogP contribution in [0.1, 0.15) is 50.6 Å². The van der Waals surface area contributed by atoms with E-state index >= 15 is 0 Å². The van der Waals surface area contributed by atoms with E-state index in [0.29, 0.717) is 23.5 Å². The summed E-state index contributed by atoms with van der Waals surface area (Å²) in [5, 5.41) is 18.4. The highest BCUT2D eigenvalue weighted by molar-refractivity contribution is 5.98. The number of amides is 1. The molecule has 1 unspecified atom stereocenters. The van der Waals surface area contributed by atoms with Gasteiger partial charge < -0.3 is 20.5 Å². The third-order valence-corrected chi connectivity index (χ3v) is 7.46. The van der Waals surface area contributed by atoms with Gasteiger partial charge in [-0.1, -0.05) is 67.1 Å². The van der Waals surface area contributed by atoms with Crippen LogP contribution in [0.4, 0.5) is 0 Å². The quantitative estimate of drug-likeness (QED) is 0.497. The Balaban J connectivity index is 1.33. The lowest BCUT2D eigenvalue weighted by molar-refractivity contribution is -0.145. The first-order valence-corrected chi connectivity index (χ1v) is 12.6. The number of carbonyl (C=O) groups is 2. The number of allylic oxidation sites excluding steroid dienone is 2. The van der Waals surface area contributed by atoms with Gasteiger partial charge in [0, 0.05) is 17.7 Å². The maximum Gasteiger partial charge on any atom is 0.330 e. The van der Waals surface area contributed by atoms with Crippen LogP contribution in [0.15, 0.2) is 66.3 Å². The molecular formula is C29H36N2O4. The molecular weight excluding hydrogens is 440 g/mol. The zero-order valence-electron chi connectivity index (χ0n) is 20.6. The minimum atomic E-state index is -1.05. The predicted octanol–water partition coefficient (Wildman–Crippen LogP) is 4.20. The number of hydrogen-bond donors (Lipinski definition) is 3. The van der Waals surface area contributed by atoms with Gasteiger partial charge in [0.2, 0.25) is 0 Å². The van der Waals surface area contributed by atoms with Crippen molar-refractivity contribution in [2.45, 2.75) is 57.2 Å². The first kappa shape index (κ1) is 25.1. The molecule has 1 fully saturated rings. The van der Waals surface area contributed by atoms with Crippen molar-refractivity contribution in [3.05, 3.63) is 71.8 Å². The molecule has 0 spiro atoms. The summed E-state index contributed by atoms with van der Waals surface area (Å²) in [4.78, 5) is 24.2. The number of aliphatic hydroxyl groups is 1. The molecule has 0 aliphatic heterocycles. The molecule has 2 aromatic carbocycles. The Morgan fingerprint density at radius 1 is 1.14 bits per heavy atom. The Morgan fingerprint density at radius 2 is 1.94 bits per heavy atom. The van der Waals surface area contributed by atoms with Crippen LogP contribution in [-0.2, 0) is 14.3 Å². The summed E-state index contributed by atoms with van der Waals surface area (Å²) in [5.41, 5.74) is 1.87. The fourth-order valence-corrected chi connectivity index (χ4v) is 5.56. The number of rotatable bonds is 8. The van der Waals surface area contributed by atoms with Gasteiger partial charge in [0.25, 0.3) is 5.91 Å². The molecule has 5 atom stereocenters. The Labute approximate surface area is 207 Å². The van der Waals surface area contributed by atoms with Crippen molar-refractivity contribution < 1.29 is 19.4 Å². The van der Waals surface area contributed by atoms with Gasteiger partial charge >= 0.3 is 5.97 Å². The minimum absolute atomic E-state index is 0.274. The summed E-state index contributed by atoms with van der Waals surface area (Å²) in [6, 6.07) is 14.8. The van der Waals surface area contributed by atoms with Crippen LogP contribution in [0, 0.1) is 11.8 Å². The van der Waals surface area contributed by atoms with Crippen molar-refractivity contribution in [1.82, 2.24) is 10.6 Å². The molecule has 186 valence electrons. The predicted molar refractivity (Wildman–Crippen MR) is 138 cm³/mol. The topological polar surface area (TPSA) is 87.7 Å². The van der Waals surface area contributed by atoms with Crippen molar-refractivity contribution in [1.29, 1.82) is 0 Å². The van der Waals surface area contributed by atoms with E-state index in [2.05, 4.69) is 70.8 Å². The second-order valence-electron chi connectivity index (χ2n) is 9.73. The second kappa shape index (κ2) is 11.6. The molecule has 35 heavy (non-hydrogen) atoms. The molecule has 2 aliphatic carbocycles. The van der Waals surface area contributed by atoms with Crippen LogP contribution >= 0.6 is 0 Å². The van der Waals surface area contributed by atoms with Crippen molar-refractivity contribution >= 4 is 22.6 Å². The molecule has 4 rings (SSSR count). The van der Waals surface area contributed by atoms with Crippen molar-refractivity contribution in [3.63, 3.8) is 0 Å². The van der Waals surface area contributed by atoms with Gasteiger partial charge in [-0.15, -0.1) is 0 Å². The smallest absolute Gasteiger partial charge is 0.330 e. The number of nitrogens with one attached hydrogen (secondary N) is 2. The largest absolute Gasteiger partial charge is 0.467 e. The lowest BCUT2D eigenvalue weighted by Crippen LogP contribution is -2.44. The van der Waals surface area contributed by atoms with Crippen LogP contribution in [0.2, 0.25) is 0 Å². The molecule has 0 heterocycles. The Bertz CT molecular complexity index is 1100. The number of carbonyl (C=O) groups excluding carboxylic acids is 2. The zero-order valence-corrected chi connectivity index (χ0v) is 20.6.